The Morgan fingerprint density at radius 2 is 1.54 bits per heavy atom. The molecule has 1 N–H and O–H groups in total. The minimum atomic E-state index is -1.03. The zero-order valence-electron chi connectivity index (χ0n) is 15.8. The van der Waals surface area contributed by atoms with Gasteiger partial charge in [-0.25, -0.2) is 0 Å². The van der Waals surface area contributed by atoms with Crippen molar-refractivity contribution in [3.05, 3.63) is 77.9 Å². The summed E-state index contributed by atoms with van der Waals surface area (Å²) in [7, 11) is 0. The van der Waals surface area contributed by atoms with E-state index in [1.165, 1.54) is 0 Å². The highest BCUT2D eigenvalue weighted by molar-refractivity contribution is 5.85. The molecule has 0 radical (unpaired) electrons. The van der Waals surface area contributed by atoms with Crippen LogP contribution in [0.15, 0.2) is 72.3 Å². The van der Waals surface area contributed by atoms with E-state index in [-0.39, 0.29) is 0 Å². The zero-order chi connectivity index (χ0) is 19.0. The number of para-hydroxylation sites is 1. The topological polar surface area (TPSA) is 46.5 Å². The van der Waals surface area contributed by atoms with Crippen molar-refractivity contribution >= 4 is 5.97 Å². The second-order valence-electron chi connectivity index (χ2n) is 7.87. The maximum Gasteiger partial charge on any atom is 0.315 e. The predicted molar refractivity (Wildman–Crippen MR) is 103 cm³/mol. The maximum absolute atomic E-state index is 12.6. The van der Waals surface area contributed by atoms with Crippen LogP contribution in [0.4, 0.5) is 0 Å². The summed E-state index contributed by atoms with van der Waals surface area (Å²) in [6.45, 7) is 7.96. The van der Waals surface area contributed by atoms with Crippen LogP contribution in [0.2, 0.25) is 0 Å². The van der Waals surface area contributed by atoms with E-state index in [1.54, 1.807) is 0 Å². The minimum absolute atomic E-state index is 0.423. The van der Waals surface area contributed by atoms with E-state index in [4.69, 9.17) is 4.74 Å². The average molecular weight is 350 g/mol. The molecule has 1 saturated carbocycles. The van der Waals surface area contributed by atoms with Gasteiger partial charge in [0.1, 0.15) is 11.2 Å². The number of hydrogen-bond donors (Lipinski definition) is 1. The van der Waals surface area contributed by atoms with Crippen LogP contribution in [-0.4, -0.2) is 16.7 Å². The molecular formula is C23H26O3. The van der Waals surface area contributed by atoms with Gasteiger partial charge < -0.3 is 9.84 Å². The molecule has 136 valence electrons. The molecule has 2 unspecified atom stereocenters. The Morgan fingerprint density at radius 3 is 2.04 bits per heavy atom. The number of hydrogen-bond acceptors (Lipinski definition) is 2. The largest absolute Gasteiger partial charge is 0.481 e. The molecule has 0 bridgehead atoms. The van der Waals surface area contributed by atoms with Crippen LogP contribution >= 0.6 is 0 Å². The van der Waals surface area contributed by atoms with Crippen molar-refractivity contribution in [1.82, 2.24) is 0 Å². The number of allylic oxidation sites excluding steroid dienone is 1. The third kappa shape index (κ3) is 2.54. The van der Waals surface area contributed by atoms with Crippen molar-refractivity contribution in [1.29, 1.82) is 0 Å². The molecule has 2 atom stereocenters. The minimum Gasteiger partial charge on any atom is -0.481 e. The summed E-state index contributed by atoms with van der Waals surface area (Å²) >= 11 is 0. The van der Waals surface area contributed by atoms with Gasteiger partial charge in [-0.3, -0.25) is 4.79 Å². The fourth-order valence-electron chi connectivity index (χ4n) is 4.34. The first kappa shape index (κ1) is 18.2. The Morgan fingerprint density at radius 1 is 1.00 bits per heavy atom. The summed E-state index contributed by atoms with van der Waals surface area (Å²) in [6, 6.07) is 19.3. The molecule has 3 heteroatoms. The lowest BCUT2D eigenvalue weighted by Gasteiger charge is -2.23. The summed E-state index contributed by atoms with van der Waals surface area (Å²) in [5.41, 5.74) is -0.445. The smallest absolute Gasteiger partial charge is 0.315 e. The number of carboxylic acids is 1. The molecule has 26 heavy (non-hydrogen) atoms. The van der Waals surface area contributed by atoms with E-state index in [0.29, 0.717) is 12.2 Å². The van der Waals surface area contributed by atoms with Gasteiger partial charge in [-0.05, 0) is 44.0 Å². The first-order valence-corrected chi connectivity index (χ1v) is 8.94. The van der Waals surface area contributed by atoms with Gasteiger partial charge in [0.15, 0.2) is 5.60 Å². The van der Waals surface area contributed by atoms with E-state index < -0.39 is 22.4 Å². The highest BCUT2D eigenvalue weighted by Crippen LogP contribution is 2.75. The molecule has 1 aliphatic carbocycles. The normalized spacial score (nSPS) is 26.0. The average Bonchev–Trinajstić information content (AvgIpc) is 2.98. The van der Waals surface area contributed by atoms with Crippen molar-refractivity contribution in [3.63, 3.8) is 0 Å². The molecule has 2 aromatic rings. The van der Waals surface area contributed by atoms with Crippen molar-refractivity contribution < 1.29 is 14.6 Å². The second-order valence-corrected chi connectivity index (χ2v) is 7.87. The predicted octanol–water partition coefficient (Wildman–Crippen LogP) is 5.12. The van der Waals surface area contributed by atoms with Crippen LogP contribution < -0.4 is 4.74 Å². The van der Waals surface area contributed by atoms with Crippen molar-refractivity contribution in [2.45, 2.75) is 39.7 Å². The molecule has 3 nitrogen and oxygen atoms in total. The Bertz CT molecular complexity index is 819. The van der Waals surface area contributed by atoms with Crippen LogP contribution in [0, 0.1) is 10.8 Å². The molecular weight excluding hydrogens is 324 g/mol. The number of carboxylic acid groups (broad SMARTS) is 1. The summed E-state index contributed by atoms with van der Waals surface area (Å²) in [5, 5.41) is 10.3. The van der Waals surface area contributed by atoms with Gasteiger partial charge in [0.25, 0.3) is 0 Å². The third-order valence-corrected chi connectivity index (χ3v) is 5.76. The van der Waals surface area contributed by atoms with Gasteiger partial charge in [-0.2, -0.15) is 0 Å². The Labute approximate surface area is 155 Å². The van der Waals surface area contributed by atoms with Crippen molar-refractivity contribution in [2.24, 2.45) is 10.8 Å². The molecule has 1 fully saturated rings. The lowest BCUT2D eigenvalue weighted by atomic mass is 9.88. The fourth-order valence-corrected chi connectivity index (χ4v) is 4.34. The van der Waals surface area contributed by atoms with E-state index in [1.807, 2.05) is 94.4 Å². The Kier molecular flexibility index (Phi) is 4.43. The fraction of sp³-hybridized carbons (Fsp3) is 0.348. The maximum atomic E-state index is 12.6. The first-order chi connectivity index (χ1) is 12.3. The zero-order valence-corrected chi connectivity index (χ0v) is 15.8. The highest BCUT2D eigenvalue weighted by atomic mass is 16.5. The van der Waals surface area contributed by atoms with Crippen molar-refractivity contribution in [3.8, 4) is 5.75 Å². The standard InChI is InChI=1S/C23H26O3/c1-17(2)15-23(26-19-13-9-6-10-14-19)21(3,4)22(23,20(24)25)16-18-11-7-5-8-12-18/h5-15H,16H2,1-4H3,(H,24,25). The van der Waals surface area contributed by atoms with Gasteiger partial charge in [0.05, 0.1) is 0 Å². The molecule has 0 aliphatic heterocycles. The Hall–Kier alpha value is -2.55. The van der Waals surface area contributed by atoms with Crippen LogP contribution in [0.5, 0.6) is 5.75 Å². The van der Waals surface area contributed by atoms with Gasteiger partial charge >= 0.3 is 5.97 Å². The van der Waals surface area contributed by atoms with E-state index in [2.05, 4.69) is 0 Å². The summed E-state index contributed by atoms with van der Waals surface area (Å²) in [6.07, 6.45) is 2.42. The molecule has 0 saturated heterocycles. The van der Waals surface area contributed by atoms with Gasteiger partial charge in [0.2, 0.25) is 0 Å². The number of benzene rings is 2. The summed E-state index contributed by atoms with van der Waals surface area (Å²) in [4.78, 5) is 12.6. The lowest BCUT2D eigenvalue weighted by Crippen LogP contribution is -2.33. The number of ether oxygens (including phenoxy) is 1. The van der Waals surface area contributed by atoms with Crippen molar-refractivity contribution in [2.75, 3.05) is 0 Å². The van der Waals surface area contributed by atoms with Gasteiger partial charge in [-0.15, -0.1) is 0 Å². The lowest BCUT2D eigenvalue weighted by molar-refractivity contribution is -0.146. The number of aliphatic carboxylic acids is 1. The van der Waals surface area contributed by atoms with E-state index >= 15 is 0 Å². The molecule has 2 aromatic carbocycles. The first-order valence-electron chi connectivity index (χ1n) is 8.94. The summed E-state index contributed by atoms with van der Waals surface area (Å²) < 4.78 is 6.43. The molecule has 0 aromatic heterocycles. The molecule has 0 amide bonds. The monoisotopic (exact) mass is 350 g/mol. The molecule has 0 heterocycles. The molecule has 0 spiro atoms. The van der Waals surface area contributed by atoms with Gasteiger partial charge in [-0.1, -0.05) is 68.0 Å². The van der Waals surface area contributed by atoms with E-state index in [9.17, 15) is 9.90 Å². The van der Waals surface area contributed by atoms with Crippen LogP contribution in [0.1, 0.15) is 33.3 Å². The Balaban J connectivity index is 2.12. The SMILES string of the molecule is CC(C)=CC1(Oc2ccccc2)C(C)(C)C1(Cc1ccccc1)C(=O)O. The highest BCUT2D eigenvalue weighted by Gasteiger charge is 2.87. The second kappa shape index (κ2) is 6.31. The van der Waals surface area contributed by atoms with E-state index in [0.717, 1.165) is 11.1 Å². The molecule has 1 aliphatic rings. The number of carbonyl (C=O) groups is 1. The quantitative estimate of drug-likeness (QED) is 0.735. The van der Waals surface area contributed by atoms with Crippen LogP contribution in [0.25, 0.3) is 0 Å². The summed E-state index contributed by atoms with van der Waals surface area (Å²) in [5.74, 6) is -0.131. The van der Waals surface area contributed by atoms with Crippen LogP contribution in [-0.2, 0) is 11.2 Å². The molecule has 3 rings (SSSR count). The van der Waals surface area contributed by atoms with Gasteiger partial charge in [0, 0.05) is 5.41 Å². The third-order valence-electron chi connectivity index (χ3n) is 5.76. The number of rotatable bonds is 6. The van der Waals surface area contributed by atoms with Crippen LogP contribution in [0.3, 0.4) is 0 Å².